The zero-order chi connectivity index (χ0) is 18.7. The molecule has 0 aromatic carbocycles. The Kier molecular flexibility index (Phi) is 5.58. The van der Waals surface area contributed by atoms with E-state index in [1.807, 2.05) is 33.2 Å². The molecular weight excluding hydrogens is 334 g/mol. The Labute approximate surface area is 153 Å². The summed E-state index contributed by atoms with van der Waals surface area (Å²) in [5.74, 6) is 1.32. The van der Waals surface area contributed by atoms with Crippen molar-refractivity contribution < 1.29 is 19.1 Å². The maximum absolute atomic E-state index is 12.6. The summed E-state index contributed by atoms with van der Waals surface area (Å²) in [5, 5.41) is 9.16. The summed E-state index contributed by atoms with van der Waals surface area (Å²) >= 11 is 0. The summed E-state index contributed by atoms with van der Waals surface area (Å²) in [6.07, 6.45) is 2.46. The van der Waals surface area contributed by atoms with Gasteiger partial charge < -0.3 is 24.1 Å². The molecule has 1 saturated heterocycles. The fraction of sp³-hybridized carbons (Fsp3) is 0.474. The molecule has 26 heavy (non-hydrogen) atoms. The number of aromatic nitrogens is 1. The quantitative estimate of drug-likeness (QED) is 0.848. The average Bonchev–Trinajstić information content (AvgIpc) is 3.20. The van der Waals surface area contributed by atoms with Gasteiger partial charge in [-0.05, 0) is 33.2 Å². The van der Waals surface area contributed by atoms with E-state index < -0.39 is 0 Å². The minimum atomic E-state index is -0.211. The molecule has 1 aliphatic heterocycles. The monoisotopic (exact) mass is 359 g/mol. The second kappa shape index (κ2) is 7.88. The number of amides is 1. The molecule has 7 heteroatoms. The molecule has 3 rings (SSSR count). The van der Waals surface area contributed by atoms with Crippen molar-refractivity contribution in [3.05, 3.63) is 47.2 Å². The first-order chi connectivity index (χ1) is 12.5. The average molecular weight is 359 g/mol. The van der Waals surface area contributed by atoms with Crippen molar-refractivity contribution in [1.29, 1.82) is 0 Å². The third kappa shape index (κ3) is 4.23. The number of ether oxygens (including phenoxy) is 1. The third-order valence-electron chi connectivity index (χ3n) is 4.32. The largest absolute Gasteiger partial charge is 0.488 e. The van der Waals surface area contributed by atoms with Crippen molar-refractivity contribution in [2.45, 2.75) is 32.6 Å². The molecule has 1 unspecified atom stereocenters. The first-order valence-electron chi connectivity index (χ1n) is 8.72. The van der Waals surface area contributed by atoms with Crippen LogP contribution in [0.25, 0.3) is 0 Å². The van der Waals surface area contributed by atoms with E-state index in [0.717, 1.165) is 30.0 Å². The van der Waals surface area contributed by atoms with Gasteiger partial charge in [0, 0.05) is 37.3 Å². The Morgan fingerprint density at radius 2 is 2.27 bits per heavy atom. The van der Waals surface area contributed by atoms with Crippen molar-refractivity contribution in [2.75, 3.05) is 27.2 Å². The number of carbonyl (C=O) groups excluding carboxylic acids is 1. The fourth-order valence-corrected chi connectivity index (χ4v) is 3.12. The Bertz CT molecular complexity index is 772. The predicted molar refractivity (Wildman–Crippen MR) is 95.9 cm³/mol. The van der Waals surface area contributed by atoms with E-state index in [-0.39, 0.29) is 18.6 Å². The van der Waals surface area contributed by atoms with Crippen LogP contribution in [0.2, 0.25) is 0 Å². The highest BCUT2D eigenvalue weighted by Gasteiger charge is 2.31. The highest BCUT2D eigenvalue weighted by atomic mass is 16.5. The molecule has 7 nitrogen and oxygen atoms in total. The van der Waals surface area contributed by atoms with Gasteiger partial charge in [0.2, 0.25) is 0 Å². The third-order valence-corrected chi connectivity index (χ3v) is 4.32. The number of carbonyl (C=O) groups is 1. The maximum Gasteiger partial charge on any atom is 0.289 e. The van der Waals surface area contributed by atoms with Crippen molar-refractivity contribution >= 4 is 5.91 Å². The molecule has 2 aromatic rings. The number of aliphatic hydroxyl groups excluding tert-OH is 1. The van der Waals surface area contributed by atoms with Crippen LogP contribution in [-0.2, 0) is 13.2 Å². The zero-order valence-electron chi connectivity index (χ0n) is 15.4. The lowest BCUT2D eigenvalue weighted by Gasteiger charge is -2.17. The van der Waals surface area contributed by atoms with Crippen LogP contribution in [0.15, 0.2) is 28.8 Å². The van der Waals surface area contributed by atoms with Gasteiger partial charge in [0.05, 0.1) is 12.2 Å². The minimum absolute atomic E-state index is 0.0545. The zero-order valence-corrected chi connectivity index (χ0v) is 15.4. The molecule has 1 fully saturated rings. The van der Waals surface area contributed by atoms with Crippen LogP contribution in [0.1, 0.15) is 34.0 Å². The molecule has 140 valence electrons. The fourth-order valence-electron chi connectivity index (χ4n) is 3.12. The van der Waals surface area contributed by atoms with Gasteiger partial charge in [-0.3, -0.25) is 9.78 Å². The van der Waals surface area contributed by atoms with Gasteiger partial charge in [0.1, 0.15) is 24.2 Å². The van der Waals surface area contributed by atoms with Gasteiger partial charge in [-0.2, -0.15) is 0 Å². The molecule has 0 spiro atoms. The van der Waals surface area contributed by atoms with Gasteiger partial charge in [-0.25, -0.2) is 0 Å². The molecule has 2 aromatic heterocycles. The lowest BCUT2D eigenvalue weighted by Crippen LogP contribution is -2.31. The molecule has 0 radical (unpaired) electrons. The summed E-state index contributed by atoms with van der Waals surface area (Å²) in [5.41, 5.74) is 1.69. The first kappa shape index (κ1) is 18.4. The number of aliphatic hydroxyl groups is 1. The van der Waals surface area contributed by atoms with E-state index in [0.29, 0.717) is 24.6 Å². The molecule has 0 aliphatic carbocycles. The maximum atomic E-state index is 12.6. The number of nitrogens with zero attached hydrogens (tertiary/aromatic N) is 3. The van der Waals surface area contributed by atoms with Gasteiger partial charge in [0.15, 0.2) is 5.76 Å². The Morgan fingerprint density at radius 3 is 2.96 bits per heavy atom. The lowest BCUT2D eigenvalue weighted by atomic mass is 10.2. The number of hydrogen-bond acceptors (Lipinski definition) is 6. The SMILES string of the molecule is Cc1cc(CO)oc1C(=O)N1CCC(Oc2ccnc(CN(C)C)c2)C1. The Morgan fingerprint density at radius 1 is 1.46 bits per heavy atom. The van der Waals surface area contributed by atoms with Crippen molar-refractivity contribution in [3.8, 4) is 5.75 Å². The van der Waals surface area contributed by atoms with Crippen LogP contribution in [-0.4, -0.2) is 59.1 Å². The first-order valence-corrected chi connectivity index (χ1v) is 8.72. The van der Waals surface area contributed by atoms with E-state index in [1.54, 1.807) is 17.2 Å². The minimum Gasteiger partial charge on any atom is -0.488 e. The van der Waals surface area contributed by atoms with Crippen LogP contribution in [0.3, 0.4) is 0 Å². The Balaban J connectivity index is 1.61. The second-order valence-corrected chi connectivity index (χ2v) is 6.88. The van der Waals surface area contributed by atoms with E-state index >= 15 is 0 Å². The number of rotatable bonds is 6. The topological polar surface area (TPSA) is 79.0 Å². The summed E-state index contributed by atoms with van der Waals surface area (Å²) in [6, 6.07) is 5.48. The van der Waals surface area contributed by atoms with Gasteiger partial charge in [-0.15, -0.1) is 0 Å². The van der Waals surface area contributed by atoms with Crippen molar-refractivity contribution in [3.63, 3.8) is 0 Å². The molecule has 1 atom stereocenters. The number of aryl methyl sites for hydroxylation is 1. The molecule has 1 N–H and O–H groups in total. The van der Waals surface area contributed by atoms with Gasteiger partial charge in [-0.1, -0.05) is 0 Å². The number of likely N-dealkylation sites (tertiary alicyclic amines) is 1. The van der Waals surface area contributed by atoms with E-state index in [9.17, 15) is 4.79 Å². The van der Waals surface area contributed by atoms with E-state index in [4.69, 9.17) is 14.3 Å². The Hall–Kier alpha value is -2.38. The molecule has 1 aliphatic rings. The highest BCUT2D eigenvalue weighted by Crippen LogP contribution is 2.23. The summed E-state index contributed by atoms with van der Waals surface area (Å²) < 4.78 is 11.5. The number of furan rings is 1. The van der Waals surface area contributed by atoms with E-state index in [1.165, 1.54) is 0 Å². The van der Waals surface area contributed by atoms with Crippen LogP contribution < -0.4 is 4.74 Å². The summed E-state index contributed by atoms with van der Waals surface area (Å²) in [6.45, 7) is 3.48. The normalized spacial score (nSPS) is 17.1. The van der Waals surface area contributed by atoms with Crippen LogP contribution in [0, 0.1) is 6.92 Å². The molecule has 0 saturated carbocycles. The molecule has 1 amide bonds. The van der Waals surface area contributed by atoms with Gasteiger partial charge >= 0.3 is 0 Å². The van der Waals surface area contributed by atoms with E-state index in [2.05, 4.69) is 9.88 Å². The van der Waals surface area contributed by atoms with Crippen LogP contribution in [0.5, 0.6) is 5.75 Å². The van der Waals surface area contributed by atoms with Crippen molar-refractivity contribution in [1.82, 2.24) is 14.8 Å². The predicted octanol–water partition coefficient (Wildman–Crippen LogP) is 1.83. The lowest BCUT2D eigenvalue weighted by molar-refractivity contribution is 0.0735. The number of pyridine rings is 1. The van der Waals surface area contributed by atoms with Gasteiger partial charge in [0.25, 0.3) is 5.91 Å². The number of hydrogen-bond donors (Lipinski definition) is 1. The standard InChI is InChI=1S/C19H25N3O4/c1-13-8-17(12-23)26-18(13)19(24)22-7-5-16(11-22)25-15-4-6-20-14(9-15)10-21(2)3/h4,6,8-9,16,23H,5,7,10-12H2,1-3H3. The molecule has 0 bridgehead atoms. The van der Waals surface area contributed by atoms with Crippen LogP contribution >= 0.6 is 0 Å². The summed E-state index contributed by atoms with van der Waals surface area (Å²) in [7, 11) is 3.99. The highest BCUT2D eigenvalue weighted by molar-refractivity contribution is 5.93. The molecular formula is C19H25N3O4. The summed E-state index contributed by atoms with van der Waals surface area (Å²) in [4.78, 5) is 20.8. The van der Waals surface area contributed by atoms with Crippen molar-refractivity contribution in [2.24, 2.45) is 0 Å². The smallest absolute Gasteiger partial charge is 0.289 e. The second-order valence-electron chi connectivity index (χ2n) is 6.88. The van der Waals surface area contributed by atoms with Crippen LogP contribution in [0.4, 0.5) is 0 Å². The molecule has 3 heterocycles.